The summed E-state index contributed by atoms with van der Waals surface area (Å²) < 4.78 is 0. The molecule has 4 N–H and O–H groups in total. The van der Waals surface area contributed by atoms with Crippen molar-refractivity contribution in [2.45, 2.75) is 52.4 Å². The van der Waals surface area contributed by atoms with Gasteiger partial charge in [-0.15, -0.1) is 0 Å². The molecule has 2 heterocycles. The first kappa shape index (κ1) is 21.3. The normalized spacial score (nSPS) is 18.4. The topological polar surface area (TPSA) is 151 Å². The van der Waals surface area contributed by atoms with E-state index in [1.807, 2.05) is 13.8 Å². The van der Waals surface area contributed by atoms with Gasteiger partial charge >= 0.3 is 12.1 Å². The van der Waals surface area contributed by atoms with Crippen molar-refractivity contribution in [3.63, 3.8) is 0 Å². The van der Waals surface area contributed by atoms with E-state index in [2.05, 4.69) is 21.3 Å². The van der Waals surface area contributed by atoms with Crippen molar-refractivity contribution in [3.05, 3.63) is 0 Å². The molecule has 2 saturated heterocycles. The van der Waals surface area contributed by atoms with Crippen LogP contribution >= 0.6 is 0 Å². The van der Waals surface area contributed by atoms with E-state index in [-0.39, 0.29) is 0 Å². The predicted octanol–water partition coefficient (Wildman–Crippen LogP) is 0.318. The smallest absolute Gasteiger partial charge is 0.277 e. The SMILES string of the molecule is CCCCC1C(=O)NC(=O)NC1=O.CCCCC1C(=O)NC(=O)NC1=O. The number of barbiturate groups is 2. The molecule has 0 aromatic rings. The number of carbonyl (C=O) groups excluding carboxylic acids is 6. The number of amides is 8. The summed E-state index contributed by atoms with van der Waals surface area (Å²) in [4.78, 5) is 65.8. The molecule has 0 aliphatic carbocycles. The van der Waals surface area contributed by atoms with Gasteiger partial charge in [-0.2, -0.15) is 0 Å². The lowest BCUT2D eigenvalue weighted by Gasteiger charge is -2.19. The van der Waals surface area contributed by atoms with Crippen molar-refractivity contribution in [2.24, 2.45) is 11.8 Å². The van der Waals surface area contributed by atoms with Crippen LogP contribution in [0.25, 0.3) is 0 Å². The highest BCUT2D eigenvalue weighted by atomic mass is 16.2. The van der Waals surface area contributed by atoms with Crippen LogP contribution < -0.4 is 21.3 Å². The van der Waals surface area contributed by atoms with Crippen LogP contribution in [0.3, 0.4) is 0 Å². The monoisotopic (exact) mass is 368 g/mol. The summed E-state index contributed by atoms with van der Waals surface area (Å²) in [7, 11) is 0. The summed E-state index contributed by atoms with van der Waals surface area (Å²) in [5.41, 5.74) is 0. The van der Waals surface area contributed by atoms with E-state index in [0.717, 1.165) is 25.7 Å². The molecule has 0 radical (unpaired) electrons. The third-order valence-electron chi connectivity index (χ3n) is 3.91. The Morgan fingerprint density at radius 3 is 1.08 bits per heavy atom. The number of hydrogen-bond acceptors (Lipinski definition) is 6. The Labute approximate surface area is 150 Å². The first-order valence-corrected chi connectivity index (χ1v) is 8.61. The molecule has 2 aliphatic rings. The average molecular weight is 368 g/mol. The second-order valence-corrected chi connectivity index (χ2v) is 6.00. The molecule has 0 bridgehead atoms. The number of hydrogen-bond donors (Lipinski definition) is 4. The van der Waals surface area contributed by atoms with E-state index in [4.69, 9.17) is 0 Å². The number of nitrogens with one attached hydrogen (secondary N) is 4. The zero-order valence-electron chi connectivity index (χ0n) is 14.8. The van der Waals surface area contributed by atoms with E-state index in [1.165, 1.54) is 0 Å². The molecule has 0 saturated carbocycles. The predicted molar refractivity (Wildman–Crippen MR) is 89.4 cm³/mol. The van der Waals surface area contributed by atoms with Gasteiger partial charge in [0.2, 0.25) is 23.6 Å². The largest absolute Gasteiger partial charge is 0.328 e. The molecule has 0 spiro atoms. The summed E-state index contributed by atoms with van der Waals surface area (Å²) in [6, 6.07) is -1.44. The number of urea groups is 2. The van der Waals surface area contributed by atoms with Gasteiger partial charge in [0.25, 0.3) is 0 Å². The highest BCUT2D eigenvalue weighted by Gasteiger charge is 2.33. The van der Waals surface area contributed by atoms with Crippen LogP contribution in [0.15, 0.2) is 0 Å². The maximum absolute atomic E-state index is 11.1. The third kappa shape index (κ3) is 6.26. The zero-order valence-corrected chi connectivity index (χ0v) is 14.8. The molecule has 2 rings (SSSR count). The standard InChI is InChI=1S/2C8H12N2O3/c2*1-2-3-4-5-6(11)9-8(13)10-7(5)12/h2*5H,2-4H2,1H3,(H2,9,10,11,12,13). The summed E-state index contributed by atoms with van der Waals surface area (Å²) >= 11 is 0. The van der Waals surface area contributed by atoms with Crippen LogP contribution in [-0.4, -0.2) is 35.7 Å². The maximum atomic E-state index is 11.1. The van der Waals surface area contributed by atoms with Gasteiger partial charge < -0.3 is 0 Å². The van der Waals surface area contributed by atoms with E-state index in [0.29, 0.717) is 12.8 Å². The Kier molecular flexibility index (Phi) is 8.40. The summed E-state index contributed by atoms with van der Waals surface area (Å²) in [6.07, 6.45) is 4.46. The fourth-order valence-electron chi connectivity index (χ4n) is 2.44. The third-order valence-corrected chi connectivity index (χ3v) is 3.91. The minimum absolute atomic E-state index is 0.484. The van der Waals surface area contributed by atoms with Gasteiger partial charge in [-0.25, -0.2) is 9.59 Å². The van der Waals surface area contributed by atoms with Gasteiger partial charge in [-0.3, -0.25) is 40.4 Å². The molecule has 0 aromatic heterocycles. The van der Waals surface area contributed by atoms with Gasteiger partial charge in [0.05, 0.1) is 0 Å². The summed E-state index contributed by atoms with van der Waals surface area (Å²) in [5, 5.41) is 8.24. The van der Waals surface area contributed by atoms with E-state index < -0.39 is 47.5 Å². The van der Waals surface area contributed by atoms with Gasteiger partial charge in [-0.1, -0.05) is 39.5 Å². The van der Waals surface area contributed by atoms with E-state index >= 15 is 0 Å². The number of unbranched alkanes of at least 4 members (excludes halogenated alkanes) is 2. The Morgan fingerprint density at radius 1 is 0.577 bits per heavy atom. The minimum atomic E-state index is -0.720. The molecule has 2 aliphatic heterocycles. The first-order chi connectivity index (χ1) is 12.3. The fourth-order valence-corrected chi connectivity index (χ4v) is 2.44. The highest BCUT2D eigenvalue weighted by Crippen LogP contribution is 2.12. The molecule has 144 valence electrons. The lowest BCUT2D eigenvalue weighted by Crippen LogP contribution is -2.55. The molecular formula is C16H24N4O6. The molecule has 2 fully saturated rings. The average Bonchev–Trinajstić information content (AvgIpc) is 2.53. The molecular weight excluding hydrogens is 344 g/mol. The lowest BCUT2D eigenvalue weighted by molar-refractivity contribution is -0.137. The van der Waals surface area contributed by atoms with Gasteiger partial charge in [-0.05, 0) is 12.8 Å². The van der Waals surface area contributed by atoms with E-state index in [9.17, 15) is 28.8 Å². The second kappa shape index (κ2) is 10.3. The van der Waals surface area contributed by atoms with Gasteiger partial charge in [0.15, 0.2) is 0 Å². The van der Waals surface area contributed by atoms with Crippen molar-refractivity contribution < 1.29 is 28.8 Å². The molecule has 0 aromatic carbocycles. The fraction of sp³-hybridized carbons (Fsp3) is 0.625. The molecule has 26 heavy (non-hydrogen) atoms. The Hall–Kier alpha value is -2.78. The molecule has 0 unspecified atom stereocenters. The number of carbonyl (C=O) groups is 6. The van der Waals surface area contributed by atoms with Gasteiger partial charge in [0.1, 0.15) is 11.8 Å². The lowest BCUT2D eigenvalue weighted by atomic mass is 9.99. The summed E-state index contributed by atoms with van der Waals surface area (Å²) in [6.45, 7) is 3.95. The molecule has 0 atom stereocenters. The van der Waals surface area contributed by atoms with Crippen LogP contribution in [0.1, 0.15) is 52.4 Å². The Balaban J connectivity index is 0.000000260. The van der Waals surface area contributed by atoms with Crippen LogP contribution in [0.4, 0.5) is 9.59 Å². The Morgan fingerprint density at radius 2 is 0.846 bits per heavy atom. The second-order valence-electron chi connectivity index (χ2n) is 6.00. The van der Waals surface area contributed by atoms with Crippen molar-refractivity contribution in [3.8, 4) is 0 Å². The number of imide groups is 4. The van der Waals surface area contributed by atoms with Crippen molar-refractivity contribution >= 4 is 35.7 Å². The first-order valence-electron chi connectivity index (χ1n) is 8.61. The van der Waals surface area contributed by atoms with E-state index in [1.54, 1.807) is 0 Å². The quantitative estimate of drug-likeness (QED) is 0.496. The van der Waals surface area contributed by atoms with Crippen LogP contribution in [0.2, 0.25) is 0 Å². The number of rotatable bonds is 6. The van der Waals surface area contributed by atoms with Crippen LogP contribution in [0.5, 0.6) is 0 Å². The van der Waals surface area contributed by atoms with Crippen molar-refractivity contribution in [1.29, 1.82) is 0 Å². The maximum Gasteiger partial charge on any atom is 0.328 e. The molecule has 10 nitrogen and oxygen atoms in total. The van der Waals surface area contributed by atoms with Gasteiger partial charge in [0, 0.05) is 0 Å². The van der Waals surface area contributed by atoms with Crippen molar-refractivity contribution in [2.75, 3.05) is 0 Å². The van der Waals surface area contributed by atoms with Crippen molar-refractivity contribution in [1.82, 2.24) is 21.3 Å². The highest BCUT2D eigenvalue weighted by molar-refractivity contribution is 6.16. The van der Waals surface area contributed by atoms with Crippen LogP contribution in [0, 0.1) is 11.8 Å². The molecule has 10 heteroatoms. The molecule has 8 amide bonds. The summed E-state index contributed by atoms with van der Waals surface area (Å²) in [5.74, 6) is -3.33. The zero-order chi connectivity index (χ0) is 19.7. The Bertz CT molecular complexity index is 512. The van der Waals surface area contributed by atoms with Crippen LogP contribution in [-0.2, 0) is 19.2 Å². The minimum Gasteiger partial charge on any atom is -0.277 e.